The molecular weight excluding hydrogens is 262 g/mol. The second-order valence-electron chi connectivity index (χ2n) is 4.63. The average molecular weight is 281 g/mol. The summed E-state index contributed by atoms with van der Waals surface area (Å²) < 4.78 is 5.10. The number of thiazole rings is 1. The van der Waals surface area contributed by atoms with Crippen LogP contribution in [0.3, 0.4) is 0 Å². The molecule has 0 aromatic carbocycles. The van der Waals surface area contributed by atoms with Crippen LogP contribution in [-0.4, -0.2) is 41.2 Å². The smallest absolute Gasteiger partial charge is 0.226 e. The maximum atomic E-state index is 5.10. The number of aromatic nitrogens is 3. The van der Waals surface area contributed by atoms with Gasteiger partial charge in [-0.2, -0.15) is 4.98 Å². The van der Waals surface area contributed by atoms with Crippen LogP contribution < -0.4 is 4.90 Å². The van der Waals surface area contributed by atoms with Crippen LogP contribution in [0.25, 0.3) is 0 Å². The van der Waals surface area contributed by atoms with Crippen molar-refractivity contribution in [2.24, 2.45) is 0 Å². The molecular formula is C12H19N5OS. The molecule has 0 spiro atoms. The number of rotatable bonds is 6. The van der Waals surface area contributed by atoms with Crippen molar-refractivity contribution in [1.29, 1.82) is 0 Å². The normalized spacial score (nSPS) is 11.2. The molecule has 0 aliphatic heterocycles. The fourth-order valence-electron chi connectivity index (χ4n) is 1.64. The molecule has 0 bridgehead atoms. The highest BCUT2D eigenvalue weighted by Crippen LogP contribution is 2.21. The number of hydrogen-bond acceptors (Lipinski definition) is 7. The van der Waals surface area contributed by atoms with Crippen LogP contribution in [0.5, 0.6) is 0 Å². The van der Waals surface area contributed by atoms with E-state index in [9.17, 15) is 0 Å². The molecule has 0 atom stereocenters. The Morgan fingerprint density at radius 3 is 2.63 bits per heavy atom. The first-order chi connectivity index (χ1) is 9.08. The van der Waals surface area contributed by atoms with Gasteiger partial charge in [-0.1, -0.05) is 12.1 Å². The van der Waals surface area contributed by atoms with Gasteiger partial charge in [0.2, 0.25) is 5.89 Å². The summed E-state index contributed by atoms with van der Waals surface area (Å²) in [6.45, 7) is 3.52. The molecule has 2 aromatic rings. The van der Waals surface area contributed by atoms with Gasteiger partial charge in [-0.3, -0.25) is 4.90 Å². The molecule has 6 nitrogen and oxygen atoms in total. The average Bonchev–Trinajstić information content (AvgIpc) is 2.98. The van der Waals surface area contributed by atoms with Gasteiger partial charge in [0.15, 0.2) is 11.0 Å². The first-order valence-electron chi connectivity index (χ1n) is 6.20. The lowest BCUT2D eigenvalue weighted by Crippen LogP contribution is -2.17. The molecule has 0 saturated carbocycles. The summed E-state index contributed by atoms with van der Waals surface area (Å²) in [6.07, 6.45) is 2.70. The maximum absolute atomic E-state index is 5.10. The van der Waals surface area contributed by atoms with E-state index in [-0.39, 0.29) is 0 Å². The molecule has 2 rings (SSSR count). The van der Waals surface area contributed by atoms with Gasteiger partial charge in [-0.25, -0.2) is 4.98 Å². The van der Waals surface area contributed by atoms with Crippen LogP contribution >= 0.6 is 11.3 Å². The predicted molar refractivity (Wildman–Crippen MR) is 75.3 cm³/mol. The number of aryl methyl sites for hydroxylation is 1. The Morgan fingerprint density at radius 2 is 2.05 bits per heavy atom. The molecule has 0 radical (unpaired) electrons. The Morgan fingerprint density at radius 1 is 1.26 bits per heavy atom. The van der Waals surface area contributed by atoms with Crippen LogP contribution in [0.15, 0.2) is 10.7 Å². The van der Waals surface area contributed by atoms with E-state index in [4.69, 9.17) is 4.52 Å². The van der Waals surface area contributed by atoms with Gasteiger partial charge in [0, 0.05) is 38.1 Å². The zero-order chi connectivity index (χ0) is 13.8. The Kier molecular flexibility index (Phi) is 4.49. The van der Waals surface area contributed by atoms with Gasteiger partial charge in [-0.15, -0.1) is 11.3 Å². The molecule has 0 aliphatic carbocycles. The van der Waals surface area contributed by atoms with E-state index in [1.54, 1.807) is 11.3 Å². The fourth-order valence-corrected chi connectivity index (χ4v) is 2.55. The van der Waals surface area contributed by atoms with Crippen LogP contribution in [0.1, 0.15) is 23.5 Å². The second-order valence-corrected chi connectivity index (χ2v) is 5.73. The molecule has 0 N–H and O–H groups in total. The minimum Gasteiger partial charge on any atom is -0.354 e. The zero-order valence-corrected chi connectivity index (χ0v) is 12.6. The van der Waals surface area contributed by atoms with Gasteiger partial charge >= 0.3 is 0 Å². The highest BCUT2D eigenvalue weighted by atomic mass is 32.1. The van der Waals surface area contributed by atoms with Crippen molar-refractivity contribution in [3.05, 3.63) is 22.8 Å². The Labute approximate surface area is 117 Å². The monoisotopic (exact) mass is 281 g/mol. The minimum absolute atomic E-state index is 0.679. The van der Waals surface area contributed by atoms with Crippen molar-refractivity contribution in [2.75, 3.05) is 26.0 Å². The lowest BCUT2D eigenvalue weighted by atomic mass is 10.4. The maximum Gasteiger partial charge on any atom is 0.226 e. The van der Waals surface area contributed by atoms with E-state index in [2.05, 4.69) is 20.0 Å². The van der Waals surface area contributed by atoms with Gasteiger partial charge in [-0.05, 0) is 7.05 Å². The third-order valence-electron chi connectivity index (χ3n) is 2.57. The highest BCUT2D eigenvalue weighted by molar-refractivity contribution is 7.15. The van der Waals surface area contributed by atoms with Crippen molar-refractivity contribution in [2.45, 2.75) is 26.4 Å². The molecule has 0 unspecified atom stereocenters. The molecule has 0 amide bonds. The molecule has 2 heterocycles. The number of hydrogen-bond donors (Lipinski definition) is 0. The summed E-state index contributed by atoms with van der Waals surface area (Å²) in [5, 5.41) is 4.98. The molecule has 19 heavy (non-hydrogen) atoms. The van der Waals surface area contributed by atoms with E-state index < -0.39 is 0 Å². The fraction of sp³-hybridized carbons (Fsp3) is 0.583. The van der Waals surface area contributed by atoms with Crippen LogP contribution in [0.2, 0.25) is 0 Å². The topological polar surface area (TPSA) is 58.3 Å². The lowest BCUT2D eigenvalue weighted by molar-refractivity contribution is 0.302. The Balaban J connectivity index is 1.91. The van der Waals surface area contributed by atoms with Crippen molar-refractivity contribution in [3.8, 4) is 0 Å². The van der Waals surface area contributed by atoms with Crippen molar-refractivity contribution < 1.29 is 4.52 Å². The van der Waals surface area contributed by atoms with E-state index in [0.717, 1.165) is 23.9 Å². The van der Waals surface area contributed by atoms with Gasteiger partial charge < -0.3 is 9.42 Å². The number of nitrogens with zero attached hydrogens (tertiary/aromatic N) is 5. The molecule has 0 fully saturated rings. The minimum atomic E-state index is 0.679. The molecule has 7 heteroatoms. The summed E-state index contributed by atoms with van der Waals surface area (Å²) >= 11 is 1.70. The second kappa shape index (κ2) is 6.12. The first kappa shape index (κ1) is 14.0. The predicted octanol–water partition coefficient (Wildman–Crippen LogP) is 1.79. The first-order valence-corrected chi connectivity index (χ1v) is 7.02. The van der Waals surface area contributed by atoms with E-state index in [0.29, 0.717) is 12.4 Å². The van der Waals surface area contributed by atoms with Crippen molar-refractivity contribution in [3.63, 3.8) is 0 Å². The Hall–Kier alpha value is -1.47. The standard InChI is InChI=1S/C12H19N5OS/c1-5-11-14-10(15-18-11)8-17(4)7-9-6-13-12(19-9)16(2)3/h6H,5,7-8H2,1-4H3. The zero-order valence-electron chi connectivity index (χ0n) is 11.8. The number of anilines is 1. The third-order valence-corrected chi connectivity index (χ3v) is 3.72. The Bertz CT molecular complexity index is 522. The van der Waals surface area contributed by atoms with Gasteiger partial charge in [0.1, 0.15) is 0 Å². The summed E-state index contributed by atoms with van der Waals surface area (Å²) in [5.41, 5.74) is 0. The third kappa shape index (κ3) is 3.74. The summed E-state index contributed by atoms with van der Waals surface area (Å²) in [4.78, 5) is 14.1. The SMILES string of the molecule is CCc1nc(CN(C)Cc2cnc(N(C)C)s2)no1. The van der Waals surface area contributed by atoms with Crippen molar-refractivity contribution in [1.82, 2.24) is 20.0 Å². The van der Waals surface area contributed by atoms with Crippen LogP contribution in [0, 0.1) is 0 Å². The summed E-state index contributed by atoms with van der Waals surface area (Å²) in [5.74, 6) is 1.42. The largest absolute Gasteiger partial charge is 0.354 e. The molecule has 0 aliphatic rings. The van der Waals surface area contributed by atoms with E-state index in [1.165, 1.54) is 4.88 Å². The summed E-state index contributed by atoms with van der Waals surface area (Å²) in [7, 11) is 6.03. The van der Waals surface area contributed by atoms with Gasteiger partial charge in [0.05, 0.1) is 6.54 Å². The molecule has 104 valence electrons. The molecule has 0 saturated heterocycles. The highest BCUT2D eigenvalue weighted by Gasteiger charge is 2.10. The van der Waals surface area contributed by atoms with Crippen molar-refractivity contribution >= 4 is 16.5 Å². The van der Waals surface area contributed by atoms with Crippen LogP contribution in [-0.2, 0) is 19.5 Å². The summed E-state index contributed by atoms with van der Waals surface area (Å²) in [6, 6.07) is 0. The van der Waals surface area contributed by atoms with E-state index >= 15 is 0 Å². The lowest BCUT2D eigenvalue weighted by Gasteiger charge is -2.12. The quantitative estimate of drug-likeness (QED) is 0.804. The van der Waals surface area contributed by atoms with Gasteiger partial charge in [0.25, 0.3) is 0 Å². The molecule has 2 aromatic heterocycles. The van der Waals surface area contributed by atoms with Crippen LogP contribution in [0.4, 0.5) is 5.13 Å². The van der Waals surface area contributed by atoms with E-state index in [1.807, 2.05) is 39.2 Å².